The van der Waals surface area contributed by atoms with Gasteiger partial charge in [-0.3, -0.25) is 9.59 Å². The van der Waals surface area contributed by atoms with Crippen molar-refractivity contribution in [3.8, 4) is 0 Å². The average molecular weight is 703 g/mol. The highest BCUT2D eigenvalue weighted by molar-refractivity contribution is 5.69. The lowest BCUT2D eigenvalue weighted by atomic mass is 9.99. The minimum atomic E-state index is -1.60. The normalized spacial score (nSPS) is 21.4. The molecule has 5 unspecified atom stereocenters. The highest BCUT2D eigenvalue weighted by atomic mass is 16.7. The van der Waals surface area contributed by atoms with Crippen LogP contribution in [0, 0.1) is 0 Å². The number of esters is 2. The summed E-state index contributed by atoms with van der Waals surface area (Å²) in [5.41, 5.74) is 0. The molecule has 0 radical (unpaired) electrons. The predicted octanol–water partition coefficient (Wildman–Crippen LogP) is 9.28. The molecule has 0 aliphatic carbocycles. The molecule has 0 aromatic carbocycles. The van der Waals surface area contributed by atoms with E-state index in [1.807, 2.05) is 0 Å². The van der Waals surface area contributed by atoms with Crippen LogP contribution < -0.4 is 0 Å². The average Bonchev–Trinajstić information content (AvgIpc) is 3.11. The lowest BCUT2D eigenvalue weighted by Crippen LogP contribution is -2.59. The van der Waals surface area contributed by atoms with Gasteiger partial charge in [-0.1, -0.05) is 126 Å². The highest BCUT2D eigenvalue weighted by Gasteiger charge is 2.46. The molecule has 0 bridgehead atoms. The summed E-state index contributed by atoms with van der Waals surface area (Å²) in [5.74, 6) is -0.962. The van der Waals surface area contributed by atoms with Crippen molar-refractivity contribution in [3.05, 3.63) is 60.8 Å². The fourth-order valence-electron chi connectivity index (χ4n) is 5.56. The Morgan fingerprint density at radius 3 is 1.54 bits per heavy atom. The lowest BCUT2D eigenvalue weighted by Gasteiger charge is -2.39. The van der Waals surface area contributed by atoms with Crippen molar-refractivity contribution in [2.75, 3.05) is 6.61 Å². The first kappa shape index (κ1) is 45.5. The van der Waals surface area contributed by atoms with Crippen molar-refractivity contribution in [3.63, 3.8) is 0 Å². The molecule has 1 fully saturated rings. The number of hydrogen-bond donors (Lipinski definition) is 3. The van der Waals surface area contributed by atoms with Gasteiger partial charge in [-0.25, -0.2) is 0 Å². The molecule has 1 rings (SSSR count). The lowest BCUT2D eigenvalue weighted by molar-refractivity contribution is -0.293. The van der Waals surface area contributed by atoms with Crippen molar-refractivity contribution < 1.29 is 39.1 Å². The second kappa shape index (κ2) is 32.4. The predicted molar refractivity (Wildman–Crippen MR) is 202 cm³/mol. The third-order valence-corrected chi connectivity index (χ3v) is 8.69. The largest absolute Gasteiger partial charge is 0.463 e. The van der Waals surface area contributed by atoms with Crippen molar-refractivity contribution in [1.29, 1.82) is 0 Å². The van der Waals surface area contributed by atoms with Crippen LogP contribution in [0.3, 0.4) is 0 Å². The first-order valence-corrected chi connectivity index (χ1v) is 19.7. The van der Waals surface area contributed by atoms with Crippen LogP contribution >= 0.6 is 0 Å². The van der Waals surface area contributed by atoms with E-state index >= 15 is 0 Å². The number of aliphatic hydroxyl groups is 3. The molecule has 1 aliphatic rings. The maximum Gasteiger partial charge on any atom is 0.308 e. The maximum absolute atomic E-state index is 12.4. The molecule has 286 valence electrons. The molecule has 0 aromatic rings. The Kier molecular flexibility index (Phi) is 29.5. The van der Waals surface area contributed by atoms with Gasteiger partial charge in [-0.2, -0.15) is 0 Å². The van der Waals surface area contributed by atoms with Crippen LogP contribution in [0.1, 0.15) is 155 Å². The second-order valence-electron chi connectivity index (χ2n) is 13.3. The smallest absolute Gasteiger partial charge is 0.308 e. The van der Waals surface area contributed by atoms with Gasteiger partial charge in [0.1, 0.15) is 31.0 Å². The first-order valence-electron chi connectivity index (χ1n) is 19.7. The van der Waals surface area contributed by atoms with E-state index in [2.05, 4.69) is 74.6 Å². The van der Waals surface area contributed by atoms with E-state index in [-0.39, 0.29) is 19.4 Å². The van der Waals surface area contributed by atoms with Gasteiger partial charge < -0.3 is 29.5 Å². The molecule has 1 saturated heterocycles. The number of hydrogen-bond acceptors (Lipinski definition) is 8. The fourth-order valence-corrected chi connectivity index (χ4v) is 5.56. The third-order valence-electron chi connectivity index (χ3n) is 8.69. The summed E-state index contributed by atoms with van der Waals surface area (Å²) in [7, 11) is 0. The molecular formula is C42H70O8. The molecule has 0 spiro atoms. The summed E-state index contributed by atoms with van der Waals surface area (Å²) in [6.45, 7) is 4.05. The Bertz CT molecular complexity index is 984. The Morgan fingerprint density at radius 1 is 0.540 bits per heavy atom. The first-order chi connectivity index (χ1) is 24.4. The molecule has 50 heavy (non-hydrogen) atoms. The Morgan fingerprint density at radius 2 is 1.00 bits per heavy atom. The standard InChI is InChI=1S/C42H70O8/c1-3-5-7-9-11-13-15-17-19-21-23-25-27-29-31-33-37(43)48-35-36-39(45)40(46)41(47)42(49-36)50-38(44)34-32-30-28-26-24-22-20-18-16-14-12-10-8-6-4-2/h6,8,11-14,17-20,36,39-42,45-47H,3-5,7,9-10,15-16,21-35H2,1-2H3. The SMILES string of the molecule is CCC=CCC=CCC=CCCCCCCCC(=O)OC1OC(COC(=O)CCCCCCCC=CCC=CCCCCC)C(O)C(O)C1O. The molecule has 3 N–H and O–H groups in total. The molecule has 8 heteroatoms. The maximum atomic E-state index is 12.4. The second-order valence-corrected chi connectivity index (χ2v) is 13.3. The van der Waals surface area contributed by atoms with Crippen LogP contribution in [0.5, 0.6) is 0 Å². The van der Waals surface area contributed by atoms with Crippen LogP contribution in [-0.2, 0) is 23.8 Å². The minimum absolute atomic E-state index is 0.165. The Balaban J connectivity index is 2.14. The topological polar surface area (TPSA) is 123 Å². The molecular weight excluding hydrogens is 632 g/mol. The van der Waals surface area contributed by atoms with E-state index in [0.29, 0.717) is 12.8 Å². The zero-order chi connectivity index (χ0) is 36.5. The van der Waals surface area contributed by atoms with Gasteiger partial charge in [-0.15, -0.1) is 0 Å². The van der Waals surface area contributed by atoms with Crippen LogP contribution in [0.2, 0.25) is 0 Å². The minimum Gasteiger partial charge on any atom is -0.463 e. The van der Waals surface area contributed by atoms with Crippen LogP contribution in [-0.4, -0.2) is 64.6 Å². The Labute approximate surface area is 303 Å². The van der Waals surface area contributed by atoms with Gasteiger partial charge in [0.25, 0.3) is 0 Å². The van der Waals surface area contributed by atoms with E-state index in [4.69, 9.17) is 14.2 Å². The van der Waals surface area contributed by atoms with E-state index in [1.165, 1.54) is 25.7 Å². The highest BCUT2D eigenvalue weighted by Crippen LogP contribution is 2.23. The Hall–Kier alpha value is -2.52. The summed E-state index contributed by atoms with van der Waals surface area (Å²) >= 11 is 0. The quantitative estimate of drug-likeness (QED) is 0.0385. The summed E-state index contributed by atoms with van der Waals surface area (Å²) in [6, 6.07) is 0. The zero-order valence-electron chi connectivity index (χ0n) is 31.3. The number of aliphatic hydroxyl groups excluding tert-OH is 3. The summed E-state index contributed by atoms with van der Waals surface area (Å²) in [4.78, 5) is 24.7. The van der Waals surface area contributed by atoms with Crippen molar-refractivity contribution in [2.24, 2.45) is 0 Å². The van der Waals surface area contributed by atoms with Crippen LogP contribution in [0.4, 0.5) is 0 Å². The number of carbonyl (C=O) groups is 2. The van der Waals surface area contributed by atoms with E-state index in [1.54, 1.807) is 0 Å². The number of carbonyl (C=O) groups excluding carboxylic acids is 2. The van der Waals surface area contributed by atoms with Crippen molar-refractivity contribution >= 4 is 11.9 Å². The molecule has 1 aliphatic heterocycles. The number of rotatable bonds is 30. The van der Waals surface area contributed by atoms with Gasteiger partial charge in [0, 0.05) is 12.8 Å². The molecule has 1 heterocycles. The van der Waals surface area contributed by atoms with Gasteiger partial charge in [0.15, 0.2) is 0 Å². The number of allylic oxidation sites excluding steroid dienone is 10. The summed E-state index contributed by atoms with van der Waals surface area (Å²) in [5, 5.41) is 31.0. The number of unbranched alkanes of at least 4 members (excludes halogenated alkanes) is 13. The van der Waals surface area contributed by atoms with Crippen LogP contribution in [0.15, 0.2) is 60.8 Å². The van der Waals surface area contributed by atoms with E-state index in [0.717, 1.165) is 89.9 Å². The molecule has 8 nitrogen and oxygen atoms in total. The van der Waals surface area contributed by atoms with Gasteiger partial charge in [0.2, 0.25) is 6.29 Å². The fraction of sp³-hybridized carbons (Fsp3) is 0.714. The zero-order valence-corrected chi connectivity index (χ0v) is 31.3. The monoisotopic (exact) mass is 703 g/mol. The van der Waals surface area contributed by atoms with Crippen LogP contribution in [0.25, 0.3) is 0 Å². The summed E-state index contributed by atoms with van der Waals surface area (Å²) in [6.07, 6.45) is 36.1. The molecule has 0 saturated carbocycles. The summed E-state index contributed by atoms with van der Waals surface area (Å²) < 4.78 is 16.1. The van der Waals surface area contributed by atoms with Gasteiger partial charge in [0.05, 0.1) is 0 Å². The molecule has 0 aromatic heterocycles. The van der Waals surface area contributed by atoms with Gasteiger partial charge >= 0.3 is 11.9 Å². The number of ether oxygens (including phenoxy) is 3. The van der Waals surface area contributed by atoms with E-state index < -0.39 is 42.6 Å². The van der Waals surface area contributed by atoms with Gasteiger partial charge in [-0.05, 0) is 77.0 Å². The van der Waals surface area contributed by atoms with Crippen molar-refractivity contribution in [2.45, 2.75) is 186 Å². The third kappa shape index (κ3) is 24.6. The molecule has 5 atom stereocenters. The molecule has 0 amide bonds. The van der Waals surface area contributed by atoms with Crippen molar-refractivity contribution in [1.82, 2.24) is 0 Å². The van der Waals surface area contributed by atoms with E-state index in [9.17, 15) is 24.9 Å².